The first kappa shape index (κ1) is 19.9. The van der Waals surface area contributed by atoms with Crippen LogP contribution in [0, 0.1) is 12.8 Å². The fourth-order valence-corrected chi connectivity index (χ4v) is 4.71. The maximum absolute atomic E-state index is 12.9. The number of nitrogens with one attached hydrogen (secondary N) is 1. The normalized spacial score (nSPS) is 20.4. The SMILES string of the molecule is Cc1ccccc1Nc1nccc([C@@H]2CCCN(C(=O)CC3CCCCC3)C2)n1. The summed E-state index contributed by atoms with van der Waals surface area (Å²) in [4.78, 5) is 24.1. The number of piperidine rings is 1. The summed E-state index contributed by atoms with van der Waals surface area (Å²) in [6, 6.07) is 10.2. The molecule has 1 aromatic heterocycles. The highest BCUT2D eigenvalue weighted by Gasteiger charge is 2.27. The molecule has 1 aliphatic carbocycles. The minimum absolute atomic E-state index is 0.291. The lowest BCUT2D eigenvalue weighted by molar-refractivity contribution is -0.133. The molecule has 5 nitrogen and oxygen atoms in total. The molecule has 5 heteroatoms. The summed E-state index contributed by atoms with van der Waals surface area (Å²) in [7, 11) is 0. The standard InChI is InChI=1S/C24H32N4O/c1-18-8-5-6-12-21(18)26-24-25-14-13-22(27-24)20-11-7-15-28(17-20)23(29)16-19-9-3-2-4-10-19/h5-6,8,12-14,19-20H,2-4,7,9-11,15-17H2,1H3,(H,25,26,27)/t20-/m1/s1. The van der Waals surface area contributed by atoms with E-state index >= 15 is 0 Å². The second-order valence-corrected chi connectivity index (χ2v) is 8.63. The molecule has 0 bridgehead atoms. The Labute approximate surface area is 173 Å². The Morgan fingerprint density at radius 2 is 1.93 bits per heavy atom. The predicted octanol–water partition coefficient (Wildman–Crippen LogP) is 5.21. The number of para-hydroxylation sites is 1. The smallest absolute Gasteiger partial charge is 0.227 e. The number of aromatic nitrogens is 2. The average Bonchev–Trinajstić information content (AvgIpc) is 2.76. The number of hydrogen-bond donors (Lipinski definition) is 1. The molecular formula is C24H32N4O. The minimum atomic E-state index is 0.291. The summed E-state index contributed by atoms with van der Waals surface area (Å²) in [6.45, 7) is 3.75. The van der Waals surface area contributed by atoms with Crippen LogP contribution in [0.2, 0.25) is 0 Å². The van der Waals surface area contributed by atoms with E-state index < -0.39 is 0 Å². The van der Waals surface area contributed by atoms with Crippen LogP contribution in [0.3, 0.4) is 0 Å². The number of amides is 1. The van der Waals surface area contributed by atoms with Gasteiger partial charge in [-0.05, 0) is 56.2 Å². The Kier molecular flexibility index (Phi) is 6.43. The van der Waals surface area contributed by atoms with Gasteiger partial charge in [0.25, 0.3) is 0 Å². The van der Waals surface area contributed by atoms with E-state index in [-0.39, 0.29) is 0 Å². The quantitative estimate of drug-likeness (QED) is 0.759. The van der Waals surface area contributed by atoms with E-state index in [9.17, 15) is 4.79 Å². The molecule has 1 aliphatic heterocycles. The lowest BCUT2D eigenvalue weighted by Crippen LogP contribution is -2.40. The topological polar surface area (TPSA) is 58.1 Å². The van der Waals surface area contributed by atoms with Gasteiger partial charge in [-0.2, -0.15) is 0 Å². The summed E-state index contributed by atoms with van der Waals surface area (Å²) in [5.74, 6) is 1.86. The molecule has 1 aromatic carbocycles. The number of hydrogen-bond acceptors (Lipinski definition) is 4. The average molecular weight is 393 g/mol. The second kappa shape index (κ2) is 9.38. The Morgan fingerprint density at radius 3 is 2.76 bits per heavy atom. The number of anilines is 2. The highest BCUT2D eigenvalue weighted by atomic mass is 16.2. The van der Waals surface area contributed by atoms with Crippen LogP contribution in [0.5, 0.6) is 0 Å². The van der Waals surface area contributed by atoms with Crippen molar-refractivity contribution in [3.63, 3.8) is 0 Å². The van der Waals surface area contributed by atoms with E-state index in [4.69, 9.17) is 4.98 Å². The summed E-state index contributed by atoms with van der Waals surface area (Å²) in [5, 5.41) is 3.34. The number of carbonyl (C=O) groups is 1. The number of benzene rings is 1. The van der Waals surface area contributed by atoms with Gasteiger partial charge in [0.2, 0.25) is 11.9 Å². The molecule has 0 radical (unpaired) electrons. The molecule has 29 heavy (non-hydrogen) atoms. The van der Waals surface area contributed by atoms with Gasteiger partial charge in [0.1, 0.15) is 0 Å². The highest BCUT2D eigenvalue weighted by Crippen LogP contribution is 2.30. The van der Waals surface area contributed by atoms with Crippen molar-refractivity contribution in [2.24, 2.45) is 5.92 Å². The van der Waals surface area contributed by atoms with E-state index in [1.807, 2.05) is 30.5 Å². The summed E-state index contributed by atoms with van der Waals surface area (Å²) in [5.41, 5.74) is 3.22. The van der Waals surface area contributed by atoms with Gasteiger partial charge in [-0.1, -0.05) is 37.5 Å². The molecular weight excluding hydrogens is 360 g/mol. The predicted molar refractivity (Wildman–Crippen MR) is 116 cm³/mol. The fraction of sp³-hybridized carbons (Fsp3) is 0.542. The molecule has 2 aliphatic rings. The number of aryl methyl sites for hydroxylation is 1. The van der Waals surface area contributed by atoms with Crippen LogP contribution in [-0.4, -0.2) is 33.9 Å². The van der Waals surface area contributed by atoms with Crippen LogP contribution in [0.4, 0.5) is 11.6 Å². The molecule has 1 saturated carbocycles. The zero-order chi connectivity index (χ0) is 20.1. The van der Waals surface area contributed by atoms with Crippen molar-refractivity contribution >= 4 is 17.5 Å². The largest absolute Gasteiger partial charge is 0.342 e. The number of carbonyl (C=O) groups excluding carboxylic acids is 1. The first-order valence-corrected chi connectivity index (χ1v) is 11.1. The third kappa shape index (κ3) is 5.14. The Balaban J connectivity index is 1.40. The second-order valence-electron chi connectivity index (χ2n) is 8.63. The van der Waals surface area contributed by atoms with Crippen molar-refractivity contribution in [2.45, 2.75) is 64.2 Å². The lowest BCUT2D eigenvalue weighted by Gasteiger charge is -2.34. The van der Waals surface area contributed by atoms with Crippen molar-refractivity contribution in [3.05, 3.63) is 47.8 Å². The summed E-state index contributed by atoms with van der Waals surface area (Å²) < 4.78 is 0. The van der Waals surface area contributed by atoms with Gasteiger partial charge in [0.15, 0.2) is 0 Å². The van der Waals surface area contributed by atoms with Crippen molar-refractivity contribution in [2.75, 3.05) is 18.4 Å². The summed E-state index contributed by atoms with van der Waals surface area (Å²) in [6.07, 6.45) is 11.0. The third-order valence-corrected chi connectivity index (χ3v) is 6.45. The van der Waals surface area contributed by atoms with Crippen LogP contribution >= 0.6 is 0 Å². The van der Waals surface area contributed by atoms with E-state index in [1.54, 1.807) is 0 Å². The molecule has 1 N–H and O–H groups in total. The van der Waals surface area contributed by atoms with Crippen molar-refractivity contribution in [1.82, 2.24) is 14.9 Å². The van der Waals surface area contributed by atoms with Crippen LogP contribution < -0.4 is 5.32 Å². The first-order chi connectivity index (χ1) is 14.2. The monoisotopic (exact) mass is 392 g/mol. The van der Waals surface area contributed by atoms with Crippen LogP contribution in [0.25, 0.3) is 0 Å². The van der Waals surface area contributed by atoms with Gasteiger partial charge in [-0.15, -0.1) is 0 Å². The molecule has 1 atom stereocenters. The van der Waals surface area contributed by atoms with Crippen LogP contribution in [0.1, 0.15) is 68.5 Å². The van der Waals surface area contributed by atoms with E-state index in [0.29, 0.717) is 23.7 Å². The van der Waals surface area contributed by atoms with Gasteiger partial charge in [-0.3, -0.25) is 4.79 Å². The third-order valence-electron chi connectivity index (χ3n) is 6.45. The van der Waals surface area contributed by atoms with Gasteiger partial charge in [0.05, 0.1) is 5.69 Å². The molecule has 2 heterocycles. The van der Waals surface area contributed by atoms with Gasteiger partial charge in [0, 0.05) is 37.3 Å². The lowest BCUT2D eigenvalue weighted by atomic mass is 9.86. The molecule has 1 saturated heterocycles. The van der Waals surface area contributed by atoms with Gasteiger partial charge < -0.3 is 10.2 Å². The summed E-state index contributed by atoms with van der Waals surface area (Å²) >= 11 is 0. The van der Waals surface area contributed by atoms with Crippen molar-refractivity contribution in [3.8, 4) is 0 Å². The van der Waals surface area contributed by atoms with Crippen molar-refractivity contribution in [1.29, 1.82) is 0 Å². The molecule has 2 aromatic rings. The Morgan fingerprint density at radius 1 is 1.10 bits per heavy atom. The minimum Gasteiger partial charge on any atom is -0.342 e. The Hall–Kier alpha value is -2.43. The van der Waals surface area contributed by atoms with E-state index in [1.165, 1.54) is 37.7 Å². The fourth-order valence-electron chi connectivity index (χ4n) is 4.71. The van der Waals surface area contributed by atoms with E-state index in [2.05, 4.69) is 28.2 Å². The molecule has 0 spiro atoms. The van der Waals surface area contributed by atoms with Crippen LogP contribution in [-0.2, 0) is 4.79 Å². The maximum Gasteiger partial charge on any atom is 0.227 e. The number of nitrogens with zero attached hydrogens (tertiary/aromatic N) is 3. The van der Waals surface area contributed by atoms with Crippen LogP contribution in [0.15, 0.2) is 36.5 Å². The molecule has 0 unspecified atom stereocenters. The zero-order valence-electron chi connectivity index (χ0n) is 17.4. The van der Waals surface area contributed by atoms with Gasteiger partial charge >= 0.3 is 0 Å². The van der Waals surface area contributed by atoms with Crippen molar-refractivity contribution < 1.29 is 4.79 Å². The van der Waals surface area contributed by atoms with Gasteiger partial charge in [-0.25, -0.2) is 9.97 Å². The van der Waals surface area contributed by atoms with E-state index in [0.717, 1.165) is 43.7 Å². The molecule has 154 valence electrons. The Bertz CT molecular complexity index is 831. The zero-order valence-corrected chi connectivity index (χ0v) is 17.4. The first-order valence-electron chi connectivity index (χ1n) is 11.1. The number of likely N-dealkylation sites (tertiary alicyclic amines) is 1. The molecule has 2 fully saturated rings. The maximum atomic E-state index is 12.9. The number of rotatable bonds is 5. The highest BCUT2D eigenvalue weighted by molar-refractivity contribution is 5.76. The molecule has 1 amide bonds. The molecule has 4 rings (SSSR count).